The molecule has 4 fully saturated rings. The molecule has 0 amide bonds. The van der Waals surface area contributed by atoms with Crippen molar-refractivity contribution in [1.82, 2.24) is 9.80 Å². The Balaban J connectivity index is 1.34. The van der Waals surface area contributed by atoms with Crippen molar-refractivity contribution >= 4 is 0 Å². The standard InChI is InChI=1S/C21H38N2O3/c1-24-16-19-15-22(14-18-2-10-25-11-3-18)17-21(19)6-8-23(9-7-21)20-4-12-26-13-5-20/h18-20H,2-17H2,1H3/t19-/m1/s1. The maximum atomic E-state index is 5.66. The lowest BCUT2D eigenvalue weighted by atomic mass is 9.71. The van der Waals surface area contributed by atoms with E-state index in [1.54, 1.807) is 0 Å². The zero-order valence-electron chi connectivity index (χ0n) is 16.7. The van der Waals surface area contributed by atoms with Gasteiger partial charge in [0.1, 0.15) is 0 Å². The van der Waals surface area contributed by atoms with Gasteiger partial charge in [0.15, 0.2) is 0 Å². The highest BCUT2D eigenvalue weighted by atomic mass is 16.5. The van der Waals surface area contributed by atoms with Crippen LogP contribution in [0.25, 0.3) is 0 Å². The first-order chi connectivity index (χ1) is 12.8. The summed E-state index contributed by atoms with van der Waals surface area (Å²) in [4.78, 5) is 5.53. The largest absolute Gasteiger partial charge is 0.384 e. The van der Waals surface area contributed by atoms with E-state index < -0.39 is 0 Å². The monoisotopic (exact) mass is 366 g/mol. The molecule has 150 valence electrons. The molecule has 0 N–H and O–H groups in total. The summed E-state index contributed by atoms with van der Waals surface area (Å²) < 4.78 is 16.8. The molecule has 0 aromatic heterocycles. The van der Waals surface area contributed by atoms with Crippen molar-refractivity contribution in [2.24, 2.45) is 17.3 Å². The number of hydrogen-bond donors (Lipinski definition) is 0. The van der Waals surface area contributed by atoms with Crippen molar-refractivity contribution in [1.29, 1.82) is 0 Å². The van der Waals surface area contributed by atoms with Crippen LogP contribution in [0.2, 0.25) is 0 Å². The fourth-order valence-electron chi connectivity index (χ4n) is 5.96. The van der Waals surface area contributed by atoms with Crippen molar-refractivity contribution in [3.8, 4) is 0 Å². The first-order valence-corrected chi connectivity index (χ1v) is 10.9. The van der Waals surface area contributed by atoms with Crippen LogP contribution in [-0.4, -0.2) is 88.7 Å². The molecule has 0 saturated carbocycles. The predicted octanol–water partition coefficient (Wildman–Crippen LogP) is 2.25. The average molecular weight is 367 g/mol. The van der Waals surface area contributed by atoms with Gasteiger partial charge < -0.3 is 24.0 Å². The highest BCUT2D eigenvalue weighted by molar-refractivity contribution is 5.00. The fraction of sp³-hybridized carbons (Fsp3) is 1.00. The lowest BCUT2D eigenvalue weighted by molar-refractivity contribution is -0.0112. The molecule has 26 heavy (non-hydrogen) atoms. The molecule has 0 radical (unpaired) electrons. The van der Waals surface area contributed by atoms with E-state index in [-0.39, 0.29) is 0 Å². The van der Waals surface area contributed by atoms with Crippen LogP contribution in [0.5, 0.6) is 0 Å². The zero-order chi connectivity index (χ0) is 17.8. The van der Waals surface area contributed by atoms with Crippen LogP contribution in [0, 0.1) is 17.3 Å². The molecule has 4 aliphatic rings. The third-order valence-electron chi connectivity index (χ3n) is 7.61. The smallest absolute Gasteiger partial charge is 0.0508 e. The molecular formula is C21H38N2O3. The Morgan fingerprint density at radius 3 is 2.27 bits per heavy atom. The topological polar surface area (TPSA) is 34.2 Å². The Labute approximate surface area is 159 Å². The molecule has 4 aliphatic heterocycles. The van der Waals surface area contributed by atoms with Gasteiger partial charge in [-0.3, -0.25) is 0 Å². The Bertz CT molecular complexity index is 427. The van der Waals surface area contributed by atoms with E-state index >= 15 is 0 Å². The summed E-state index contributed by atoms with van der Waals surface area (Å²) >= 11 is 0. The highest BCUT2D eigenvalue weighted by Crippen LogP contribution is 2.45. The molecule has 0 aromatic rings. The van der Waals surface area contributed by atoms with Gasteiger partial charge in [0.25, 0.3) is 0 Å². The van der Waals surface area contributed by atoms with E-state index in [4.69, 9.17) is 14.2 Å². The summed E-state index contributed by atoms with van der Waals surface area (Å²) in [5.74, 6) is 1.55. The van der Waals surface area contributed by atoms with Crippen molar-refractivity contribution in [3.63, 3.8) is 0 Å². The Hall–Kier alpha value is -0.200. The van der Waals surface area contributed by atoms with E-state index in [0.717, 1.165) is 45.0 Å². The SMILES string of the molecule is COC[C@H]1CN(CC2CCOCC2)CC12CCN(C1CCOCC1)CC2. The molecule has 1 spiro atoms. The number of nitrogens with zero attached hydrogens (tertiary/aromatic N) is 2. The maximum Gasteiger partial charge on any atom is 0.0508 e. The molecular weight excluding hydrogens is 328 g/mol. The first kappa shape index (κ1) is 19.1. The van der Waals surface area contributed by atoms with Crippen molar-refractivity contribution in [3.05, 3.63) is 0 Å². The Morgan fingerprint density at radius 1 is 0.962 bits per heavy atom. The molecule has 4 saturated heterocycles. The third kappa shape index (κ3) is 4.27. The van der Waals surface area contributed by atoms with Gasteiger partial charge in [-0.05, 0) is 62.9 Å². The van der Waals surface area contributed by atoms with Crippen molar-refractivity contribution < 1.29 is 14.2 Å². The van der Waals surface area contributed by atoms with Gasteiger partial charge in [0, 0.05) is 65.1 Å². The van der Waals surface area contributed by atoms with E-state index in [1.165, 1.54) is 71.2 Å². The minimum Gasteiger partial charge on any atom is -0.384 e. The predicted molar refractivity (Wildman–Crippen MR) is 102 cm³/mol. The van der Waals surface area contributed by atoms with Crippen molar-refractivity contribution in [2.45, 2.75) is 44.6 Å². The second-order valence-corrected chi connectivity index (χ2v) is 9.14. The molecule has 4 rings (SSSR count). The highest BCUT2D eigenvalue weighted by Gasteiger charge is 2.48. The quantitative estimate of drug-likeness (QED) is 0.746. The van der Waals surface area contributed by atoms with Gasteiger partial charge in [-0.2, -0.15) is 0 Å². The van der Waals surface area contributed by atoms with Gasteiger partial charge in [0.05, 0.1) is 6.61 Å². The van der Waals surface area contributed by atoms with Crippen LogP contribution >= 0.6 is 0 Å². The van der Waals surface area contributed by atoms with Gasteiger partial charge in [-0.1, -0.05) is 0 Å². The van der Waals surface area contributed by atoms with Gasteiger partial charge in [0.2, 0.25) is 0 Å². The summed E-state index contributed by atoms with van der Waals surface area (Å²) in [5.41, 5.74) is 0.489. The fourth-order valence-corrected chi connectivity index (χ4v) is 5.96. The van der Waals surface area contributed by atoms with E-state index in [9.17, 15) is 0 Å². The number of ether oxygens (including phenoxy) is 3. The molecule has 0 aliphatic carbocycles. The molecule has 0 unspecified atom stereocenters. The van der Waals surface area contributed by atoms with E-state index in [1.807, 2.05) is 7.11 Å². The van der Waals surface area contributed by atoms with Crippen LogP contribution in [0.3, 0.4) is 0 Å². The summed E-state index contributed by atoms with van der Waals surface area (Å²) in [6.45, 7) is 11.1. The summed E-state index contributed by atoms with van der Waals surface area (Å²) in [7, 11) is 1.88. The van der Waals surface area contributed by atoms with Crippen LogP contribution in [-0.2, 0) is 14.2 Å². The second-order valence-electron chi connectivity index (χ2n) is 9.14. The molecule has 5 nitrogen and oxygen atoms in total. The number of hydrogen-bond acceptors (Lipinski definition) is 5. The van der Waals surface area contributed by atoms with Crippen molar-refractivity contribution in [2.75, 3.05) is 72.9 Å². The third-order valence-corrected chi connectivity index (χ3v) is 7.61. The van der Waals surface area contributed by atoms with Crippen LogP contribution in [0.4, 0.5) is 0 Å². The summed E-state index contributed by atoms with van der Waals surface area (Å²) in [6.07, 6.45) is 7.64. The van der Waals surface area contributed by atoms with E-state index in [2.05, 4.69) is 9.80 Å². The normalized spacial score (nSPS) is 32.4. The van der Waals surface area contributed by atoms with Crippen LogP contribution < -0.4 is 0 Å². The Kier molecular flexibility index (Phi) is 6.53. The minimum absolute atomic E-state index is 0.489. The molecule has 5 heteroatoms. The first-order valence-electron chi connectivity index (χ1n) is 10.9. The average Bonchev–Trinajstić information content (AvgIpc) is 3.00. The number of rotatable bonds is 5. The van der Waals surface area contributed by atoms with Gasteiger partial charge in [-0.15, -0.1) is 0 Å². The van der Waals surface area contributed by atoms with Crippen LogP contribution in [0.1, 0.15) is 38.5 Å². The molecule has 4 heterocycles. The van der Waals surface area contributed by atoms with Gasteiger partial charge >= 0.3 is 0 Å². The van der Waals surface area contributed by atoms with Gasteiger partial charge in [-0.25, -0.2) is 0 Å². The lowest BCUT2D eigenvalue weighted by Crippen LogP contribution is -2.50. The number of piperidine rings is 1. The molecule has 0 bridgehead atoms. The van der Waals surface area contributed by atoms with E-state index in [0.29, 0.717) is 11.3 Å². The zero-order valence-corrected chi connectivity index (χ0v) is 16.7. The molecule has 0 aromatic carbocycles. The molecule has 1 atom stereocenters. The lowest BCUT2D eigenvalue weighted by Gasteiger charge is -2.46. The van der Waals surface area contributed by atoms with Crippen LogP contribution in [0.15, 0.2) is 0 Å². The second kappa shape index (κ2) is 8.87. The minimum atomic E-state index is 0.489. The maximum absolute atomic E-state index is 5.66. The Morgan fingerprint density at radius 2 is 1.62 bits per heavy atom. The number of likely N-dealkylation sites (tertiary alicyclic amines) is 2. The summed E-state index contributed by atoms with van der Waals surface area (Å²) in [5, 5.41) is 0. The number of methoxy groups -OCH3 is 1. The summed E-state index contributed by atoms with van der Waals surface area (Å²) in [6, 6.07) is 0.765.